The van der Waals surface area contributed by atoms with Crippen LogP contribution in [-0.4, -0.2) is 22.2 Å². The monoisotopic (exact) mass is 362 g/mol. The van der Waals surface area contributed by atoms with Gasteiger partial charge in [0, 0.05) is 0 Å². The van der Waals surface area contributed by atoms with Gasteiger partial charge in [0.25, 0.3) is 0 Å². The molecule has 22 heavy (non-hydrogen) atoms. The van der Waals surface area contributed by atoms with Crippen LogP contribution in [0, 0.1) is 0 Å². The van der Waals surface area contributed by atoms with Gasteiger partial charge in [-0.2, -0.15) is 0 Å². The Balaban J connectivity index is 0.000000172. The molecule has 0 radical (unpaired) electrons. The first-order valence-corrected chi connectivity index (χ1v) is 6.97. The van der Waals surface area contributed by atoms with Gasteiger partial charge in [0.15, 0.2) is 4.67 Å². The lowest BCUT2D eigenvalue weighted by Crippen LogP contribution is -1.94. The molecule has 0 aliphatic rings. The molecule has 2 aromatic carbocycles. The molecule has 0 spiro atoms. The van der Waals surface area contributed by atoms with Crippen molar-refractivity contribution in [1.29, 1.82) is 0 Å². The Labute approximate surface area is 133 Å². The molecule has 3 aromatic rings. The summed E-state index contributed by atoms with van der Waals surface area (Å²) in [6.45, 7) is 0. The highest BCUT2D eigenvalue weighted by Gasteiger charge is 2.05. The molecule has 6 heteroatoms. The molecule has 0 amide bonds. The summed E-state index contributed by atoms with van der Waals surface area (Å²) in [5.74, 6) is -1.99. The van der Waals surface area contributed by atoms with E-state index in [9.17, 15) is 9.59 Å². The van der Waals surface area contributed by atoms with Gasteiger partial charge in [-0.15, -0.1) is 0 Å². The van der Waals surface area contributed by atoms with Gasteiger partial charge in [-0.25, -0.2) is 9.59 Å². The molecular weight excluding hydrogens is 352 g/mol. The van der Waals surface area contributed by atoms with Crippen LogP contribution in [0.2, 0.25) is 0 Å². The fourth-order valence-corrected chi connectivity index (χ4v) is 2.06. The van der Waals surface area contributed by atoms with Gasteiger partial charge in [-0.05, 0) is 51.0 Å². The molecule has 0 unspecified atom stereocenters. The smallest absolute Gasteiger partial charge is 0.371 e. The van der Waals surface area contributed by atoms with E-state index >= 15 is 0 Å². The van der Waals surface area contributed by atoms with Crippen molar-refractivity contribution in [2.24, 2.45) is 0 Å². The van der Waals surface area contributed by atoms with Crippen molar-refractivity contribution in [1.82, 2.24) is 0 Å². The van der Waals surface area contributed by atoms with Crippen LogP contribution in [-0.2, 0) is 0 Å². The molecule has 3 rings (SSSR count). The van der Waals surface area contributed by atoms with E-state index in [1.165, 1.54) is 12.1 Å². The third kappa shape index (κ3) is 3.95. The summed E-state index contributed by atoms with van der Waals surface area (Å²) in [6, 6.07) is 15.7. The quantitative estimate of drug-likeness (QED) is 0.710. The standard InChI is InChI=1S/C11H8O2.C5H3BrO3/c12-11(13)10-6-5-8-3-1-2-4-9(8)7-10;6-4-2-1-3(9-4)5(7)8/h1-7H,(H,12,13);1-2H,(H,7,8). The SMILES string of the molecule is O=C(O)c1ccc(Br)o1.O=C(O)c1ccc2ccccc2c1. The number of carboxylic acids is 2. The zero-order valence-electron chi connectivity index (χ0n) is 11.2. The van der Waals surface area contributed by atoms with Crippen LogP contribution in [0.5, 0.6) is 0 Å². The molecule has 0 saturated heterocycles. The van der Waals surface area contributed by atoms with Gasteiger partial charge in [-0.3, -0.25) is 0 Å². The maximum atomic E-state index is 10.6. The average molecular weight is 363 g/mol. The fourth-order valence-electron chi connectivity index (χ4n) is 1.75. The lowest BCUT2D eigenvalue weighted by molar-refractivity contribution is 0.0658. The molecular formula is C16H11BrO5. The number of carboxylic acid groups (broad SMARTS) is 2. The van der Waals surface area contributed by atoms with Gasteiger partial charge in [-0.1, -0.05) is 30.3 Å². The highest BCUT2D eigenvalue weighted by Crippen LogP contribution is 2.15. The molecule has 0 fully saturated rings. The van der Waals surface area contributed by atoms with E-state index in [0.29, 0.717) is 10.2 Å². The van der Waals surface area contributed by atoms with Crippen molar-refractivity contribution in [2.75, 3.05) is 0 Å². The topological polar surface area (TPSA) is 87.7 Å². The Morgan fingerprint density at radius 1 is 0.864 bits per heavy atom. The maximum Gasteiger partial charge on any atom is 0.371 e. The summed E-state index contributed by atoms with van der Waals surface area (Å²) >= 11 is 2.97. The van der Waals surface area contributed by atoms with Crippen molar-refractivity contribution in [3.05, 3.63) is 70.6 Å². The second kappa shape index (κ2) is 6.91. The van der Waals surface area contributed by atoms with E-state index in [0.717, 1.165) is 10.8 Å². The number of fused-ring (bicyclic) bond motifs is 1. The van der Waals surface area contributed by atoms with Crippen LogP contribution in [0.1, 0.15) is 20.9 Å². The fraction of sp³-hybridized carbons (Fsp3) is 0. The Morgan fingerprint density at radius 2 is 1.55 bits per heavy atom. The Hall–Kier alpha value is -2.60. The Morgan fingerprint density at radius 3 is 2.05 bits per heavy atom. The number of hydrogen-bond donors (Lipinski definition) is 2. The molecule has 0 saturated carbocycles. The van der Waals surface area contributed by atoms with Crippen LogP contribution in [0.15, 0.2) is 63.7 Å². The van der Waals surface area contributed by atoms with E-state index < -0.39 is 11.9 Å². The maximum absolute atomic E-state index is 10.6. The zero-order valence-corrected chi connectivity index (χ0v) is 12.8. The molecule has 112 valence electrons. The first kappa shape index (κ1) is 15.8. The third-order valence-corrected chi connectivity index (χ3v) is 3.21. The van der Waals surface area contributed by atoms with Gasteiger partial charge < -0.3 is 14.6 Å². The predicted octanol–water partition coefficient (Wildman–Crippen LogP) is 4.28. The summed E-state index contributed by atoms with van der Waals surface area (Å²) in [5.41, 5.74) is 0.332. The van der Waals surface area contributed by atoms with Gasteiger partial charge >= 0.3 is 11.9 Å². The Kier molecular flexibility index (Phi) is 4.95. The van der Waals surface area contributed by atoms with Crippen molar-refractivity contribution >= 4 is 38.6 Å². The first-order chi connectivity index (χ1) is 10.5. The minimum absolute atomic E-state index is 0.0538. The number of rotatable bonds is 2. The summed E-state index contributed by atoms with van der Waals surface area (Å²) in [5, 5.41) is 19.1. The number of hydrogen-bond acceptors (Lipinski definition) is 3. The Bertz CT molecular complexity index is 822. The molecule has 5 nitrogen and oxygen atoms in total. The highest BCUT2D eigenvalue weighted by atomic mass is 79.9. The summed E-state index contributed by atoms with van der Waals surface area (Å²) in [7, 11) is 0. The number of aromatic carboxylic acids is 2. The van der Waals surface area contributed by atoms with Crippen LogP contribution in [0.4, 0.5) is 0 Å². The molecule has 0 aliphatic heterocycles. The highest BCUT2D eigenvalue weighted by molar-refractivity contribution is 9.10. The second-order valence-corrected chi connectivity index (χ2v) is 5.06. The molecule has 1 heterocycles. The van der Waals surface area contributed by atoms with Crippen LogP contribution in [0.25, 0.3) is 10.8 Å². The van der Waals surface area contributed by atoms with Crippen LogP contribution < -0.4 is 0 Å². The van der Waals surface area contributed by atoms with E-state index in [1.54, 1.807) is 12.1 Å². The summed E-state index contributed by atoms with van der Waals surface area (Å²) in [6.07, 6.45) is 0. The molecule has 0 atom stereocenters. The summed E-state index contributed by atoms with van der Waals surface area (Å²) in [4.78, 5) is 20.7. The van der Waals surface area contributed by atoms with Gasteiger partial charge in [0.05, 0.1) is 5.56 Å². The number of furan rings is 1. The predicted molar refractivity (Wildman–Crippen MR) is 84.3 cm³/mol. The minimum Gasteiger partial charge on any atom is -0.478 e. The van der Waals surface area contributed by atoms with E-state index in [4.69, 9.17) is 10.2 Å². The van der Waals surface area contributed by atoms with Crippen LogP contribution in [0.3, 0.4) is 0 Å². The second-order valence-electron chi connectivity index (χ2n) is 4.28. The molecule has 0 aliphatic carbocycles. The van der Waals surface area contributed by atoms with E-state index in [-0.39, 0.29) is 5.76 Å². The summed E-state index contributed by atoms with van der Waals surface area (Å²) < 4.78 is 5.09. The largest absolute Gasteiger partial charge is 0.478 e. The lowest BCUT2D eigenvalue weighted by Gasteiger charge is -1.98. The van der Waals surface area contributed by atoms with Crippen molar-refractivity contribution in [2.45, 2.75) is 0 Å². The van der Waals surface area contributed by atoms with Crippen molar-refractivity contribution in [3.63, 3.8) is 0 Å². The molecule has 0 bridgehead atoms. The van der Waals surface area contributed by atoms with Gasteiger partial charge in [0.2, 0.25) is 5.76 Å². The van der Waals surface area contributed by atoms with E-state index in [2.05, 4.69) is 20.3 Å². The molecule has 2 N–H and O–H groups in total. The van der Waals surface area contributed by atoms with Gasteiger partial charge in [0.1, 0.15) is 0 Å². The lowest BCUT2D eigenvalue weighted by atomic mass is 10.1. The first-order valence-electron chi connectivity index (χ1n) is 6.18. The average Bonchev–Trinajstić information content (AvgIpc) is 2.94. The van der Waals surface area contributed by atoms with E-state index in [1.807, 2.05) is 30.3 Å². The zero-order chi connectivity index (χ0) is 16.1. The minimum atomic E-state index is -1.05. The normalized spacial score (nSPS) is 9.86. The van der Waals surface area contributed by atoms with Crippen molar-refractivity contribution in [3.8, 4) is 0 Å². The van der Waals surface area contributed by atoms with Crippen LogP contribution >= 0.6 is 15.9 Å². The van der Waals surface area contributed by atoms with Crippen molar-refractivity contribution < 1.29 is 24.2 Å². The molecule has 1 aromatic heterocycles. The number of benzene rings is 2. The number of carbonyl (C=O) groups is 2. The third-order valence-electron chi connectivity index (χ3n) is 2.78. The number of halogens is 1.